The number of benzene rings is 1. The van der Waals surface area contributed by atoms with Crippen LogP contribution in [0.4, 0.5) is 5.82 Å². The molecule has 0 saturated carbocycles. The fraction of sp³-hybridized carbons (Fsp3) is 0.438. The second-order valence-electron chi connectivity index (χ2n) is 5.54. The van der Waals surface area contributed by atoms with E-state index >= 15 is 0 Å². The molecular weight excluding hydrogens is 332 g/mol. The molecule has 4 rings (SSSR count). The Morgan fingerprint density at radius 2 is 2.00 bits per heavy atom. The Kier molecular flexibility index (Phi) is 3.37. The van der Waals surface area contributed by atoms with Crippen molar-refractivity contribution < 1.29 is 9.47 Å². The van der Waals surface area contributed by atoms with Gasteiger partial charge in [0, 0.05) is 29.5 Å². The first-order valence-electron chi connectivity index (χ1n) is 7.38. The van der Waals surface area contributed by atoms with Crippen LogP contribution in [0, 0.1) is 0 Å². The third-order valence-electron chi connectivity index (χ3n) is 4.07. The average Bonchev–Trinajstić information content (AvgIpc) is 2.52. The quantitative estimate of drug-likeness (QED) is 0.740. The number of halogens is 1. The van der Waals surface area contributed by atoms with Gasteiger partial charge in [0.15, 0.2) is 11.5 Å². The summed E-state index contributed by atoms with van der Waals surface area (Å²) in [5.74, 6) is 2.71. The van der Waals surface area contributed by atoms with Gasteiger partial charge in [0.05, 0.1) is 0 Å². The number of rotatable bonds is 1. The number of hydrogen-bond donors (Lipinski definition) is 0. The van der Waals surface area contributed by atoms with Crippen molar-refractivity contribution in [2.24, 2.45) is 0 Å². The summed E-state index contributed by atoms with van der Waals surface area (Å²) < 4.78 is 11.4. The van der Waals surface area contributed by atoms with E-state index in [-0.39, 0.29) is 0 Å². The molecule has 3 heterocycles. The molecule has 0 aliphatic carbocycles. The van der Waals surface area contributed by atoms with Gasteiger partial charge in [-0.2, -0.15) is 0 Å². The largest absolute Gasteiger partial charge is 0.486 e. The van der Waals surface area contributed by atoms with Crippen LogP contribution in [-0.2, 0) is 0 Å². The number of pyridine rings is 1. The predicted octanol–water partition coefficient (Wildman–Crippen LogP) is 3.37. The summed E-state index contributed by atoms with van der Waals surface area (Å²) in [4.78, 5) is 7.53. The molecule has 0 radical (unpaired) electrons. The smallest absolute Gasteiger partial charge is 0.162 e. The molecule has 1 aromatic carbocycles. The van der Waals surface area contributed by atoms with Gasteiger partial charge in [-0.25, -0.2) is 4.98 Å². The highest BCUT2D eigenvalue weighted by atomic mass is 79.9. The van der Waals surface area contributed by atoms with Crippen molar-refractivity contribution >= 4 is 32.5 Å². The van der Waals surface area contributed by atoms with Crippen LogP contribution in [0.15, 0.2) is 24.4 Å². The summed E-state index contributed by atoms with van der Waals surface area (Å²) in [7, 11) is 0. The maximum absolute atomic E-state index is 5.71. The molecule has 2 aromatic rings. The van der Waals surface area contributed by atoms with Gasteiger partial charge < -0.3 is 14.4 Å². The minimum Gasteiger partial charge on any atom is -0.486 e. The van der Waals surface area contributed by atoms with Gasteiger partial charge in [-0.05, 0) is 36.4 Å². The van der Waals surface area contributed by atoms with E-state index in [1.807, 2.05) is 12.3 Å². The third-order valence-corrected chi connectivity index (χ3v) is 4.82. The second kappa shape index (κ2) is 5.37. The fourth-order valence-electron chi connectivity index (χ4n) is 3.06. The van der Waals surface area contributed by atoms with Gasteiger partial charge >= 0.3 is 0 Å². The van der Waals surface area contributed by atoms with Crippen molar-refractivity contribution in [1.29, 1.82) is 0 Å². The number of nitrogens with zero attached hydrogens (tertiary/aromatic N) is 2. The molecule has 2 aliphatic rings. The molecule has 1 fully saturated rings. The Hall–Kier alpha value is -1.49. The van der Waals surface area contributed by atoms with Crippen LogP contribution in [0.25, 0.3) is 10.8 Å². The summed E-state index contributed by atoms with van der Waals surface area (Å²) in [6, 6.07) is 6.17. The van der Waals surface area contributed by atoms with E-state index in [2.05, 4.69) is 37.9 Å². The highest BCUT2D eigenvalue weighted by Gasteiger charge is 2.21. The lowest BCUT2D eigenvalue weighted by molar-refractivity contribution is 0.172. The second-order valence-corrected chi connectivity index (χ2v) is 6.83. The zero-order chi connectivity index (χ0) is 14.2. The number of aromatic nitrogens is 1. The van der Waals surface area contributed by atoms with Crippen LogP contribution in [0.3, 0.4) is 0 Å². The normalized spacial score (nSPS) is 21.6. The van der Waals surface area contributed by atoms with E-state index in [9.17, 15) is 0 Å². The van der Waals surface area contributed by atoms with Crippen molar-refractivity contribution in [1.82, 2.24) is 4.98 Å². The number of alkyl halides is 1. The molecule has 4 nitrogen and oxygen atoms in total. The van der Waals surface area contributed by atoms with Crippen LogP contribution in [0.1, 0.15) is 12.8 Å². The first kappa shape index (κ1) is 13.2. The molecule has 5 heteroatoms. The van der Waals surface area contributed by atoms with Crippen LogP contribution < -0.4 is 14.4 Å². The Morgan fingerprint density at radius 3 is 2.81 bits per heavy atom. The van der Waals surface area contributed by atoms with Gasteiger partial charge in [-0.3, -0.25) is 0 Å². The summed E-state index contributed by atoms with van der Waals surface area (Å²) in [6.45, 7) is 3.29. The van der Waals surface area contributed by atoms with E-state index in [1.165, 1.54) is 12.8 Å². The van der Waals surface area contributed by atoms with Gasteiger partial charge in [-0.15, -0.1) is 0 Å². The molecular formula is C16H17BrN2O2. The zero-order valence-electron chi connectivity index (χ0n) is 11.7. The standard InChI is InChI=1S/C16H17BrN2O2/c17-12-2-1-5-19(10-12)16-13-9-15-14(20-6-7-21-15)8-11(13)3-4-18-16/h3-4,8-9,12H,1-2,5-7,10H2. The zero-order valence-corrected chi connectivity index (χ0v) is 13.3. The van der Waals surface area contributed by atoms with Crippen molar-refractivity contribution in [2.45, 2.75) is 17.7 Å². The first-order valence-corrected chi connectivity index (χ1v) is 8.30. The molecule has 0 N–H and O–H groups in total. The van der Waals surface area contributed by atoms with E-state index in [1.54, 1.807) is 0 Å². The number of ether oxygens (including phenoxy) is 2. The van der Waals surface area contributed by atoms with E-state index < -0.39 is 0 Å². The minimum absolute atomic E-state index is 0.542. The summed E-state index contributed by atoms with van der Waals surface area (Å²) in [5, 5.41) is 2.30. The van der Waals surface area contributed by atoms with Crippen LogP contribution in [0.2, 0.25) is 0 Å². The number of hydrogen-bond acceptors (Lipinski definition) is 4. The van der Waals surface area contributed by atoms with E-state index in [0.717, 1.165) is 41.2 Å². The Morgan fingerprint density at radius 1 is 1.19 bits per heavy atom. The maximum atomic E-state index is 5.71. The number of anilines is 1. The van der Waals surface area contributed by atoms with Crippen molar-refractivity contribution in [3.8, 4) is 11.5 Å². The molecule has 2 aliphatic heterocycles. The van der Waals surface area contributed by atoms with Crippen LogP contribution in [0.5, 0.6) is 11.5 Å². The Bertz CT molecular complexity index is 677. The summed E-state index contributed by atoms with van der Waals surface area (Å²) in [6.07, 6.45) is 4.30. The lowest BCUT2D eigenvalue weighted by Gasteiger charge is -2.32. The van der Waals surface area contributed by atoms with Gasteiger partial charge in [0.1, 0.15) is 19.0 Å². The lowest BCUT2D eigenvalue weighted by Crippen LogP contribution is -2.36. The average molecular weight is 349 g/mol. The highest BCUT2D eigenvalue weighted by molar-refractivity contribution is 9.09. The van der Waals surface area contributed by atoms with Crippen molar-refractivity contribution in [3.05, 3.63) is 24.4 Å². The van der Waals surface area contributed by atoms with E-state index in [0.29, 0.717) is 18.0 Å². The molecule has 1 aromatic heterocycles. The summed E-state index contributed by atoms with van der Waals surface area (Å²) in [5.41, 5.74) is 0. The first-order chi connectivity index (χ1) is 10.3. The SMILES string of the molecule is BrC1CCCN(c2nccc3cc4c(cc23)OCCO4)C1. The third kappa shape index (κ3) is 2.44. The number of piperidine rings is 1. The molecule has 110 valence electrons. The molecule has 0 bridgehead atoms. The van der Waals surface area contributed by atoms with Gasteiger partial charge in [0.25, 0.3) is 0 Å². The predicted molar refractivity (Wildman–Crippen MR) is 86.9 cm³/mol. The minimum atomic E-state index is 0.542. The molecule has 1 atom stereocenters. The van der Waals surface area contributed by atoms with Crippen molar-refractivity contribution in [3.63, 3.8) is 0 Å². The summed E-state index contributed by atoms with van der Waals surface area (Å²) >= 11 is 3.74. The fourth-order valence-corrected chi connectivity index (χ4v) is 3.74. The van der Waals surface area contributed by atoms with Gasteiger partial charge in [-0.1, -0.05) is 15.9 Å². The molecule has 0 amide bonds. The highest BCUT2D eigenvalue weighted by Crippen LogP contribution is 2.38. The molecule has 21 heavy (non-hydrogen) atoms. The topological polar surface area (TPSA) is 34.6 Å². The molecule has 1 saturated heterocycles. The van der Waals surface area contributed by atoms with Crippen LogP contribution in [-0.4, -0.2) is 36.1 Å². The Labute approximate surface area is 132 Å². The molecule has 0 spiro atoms. The van der Waals surface area contributed by atoms with Gasteiger partial charge in [0.2, 0.25) is 0 Å². The van der Waals surface area contributed by atoms with E-state index in [4.69, 9.17) is 9.47 Å². The Balaban J connectivity index is 1.81. The number of fused-ring (bicyclic) bond motifs is 2. The lowest BCUT2D eigenvalue weighted by atomic mass is 10.1. The van der Waals surface area contributed by atoms with Crippen molar-refractivity contribution in [2.75, 3.05) is 31.2 Å². The maximum Gasteiger partial charge on any atom is 0.162 e. The van der Waals surface area contributed by atoms with Crippen LogP contribution >= 0.6 is 15.9 Å². The monoisotopic (exact) mass is 348 g/mol. The molecule has 1 unspecified atom stereocenters.